The van der Waals surface area contributed by atoms with Crippen LogP contribution in [0.5, 0.6) is 0 Å². The third-order valence-corrected chi connectivity index (χ3v) is 5.92. The normalized spacial score (nSPS) is 17.4. The maximum Gasteiger partial charge on any atom is 0.251 e. The van der Waals surface area contributed by atoms with Gasteiger partial charge in [0, 0.05) is 18.7 Å². The van der Waals surface area contributed by atoms with Crippen molar-refractivity contribution in [2.24, 2.45) is 5.41 Å². The van der Waals surface area contributed by atoms with Crippen molar-refractivity contribution in [3.63, 3.8) is 0 Å². The van der Waals surface area contributed by atoms with Crippen molar-refractivity contribution in [1.29, 1.82) is 0 Å². The van der Waals surface area contributed by atoms with Crippen molar-refractivity contribution < 1.29 is 13.2 Å². The van der Waals surface area contributed by atoms with Gasteiger partial charge in [-0.2, -0.15) is 0 Å². The molecule has 1 saturated heterocycles. The van der Waals surface area contributed by atoms with Gasteiger partial charge in [-0.3, -0.25) is 4.79 Å². The van der Waals surface area contributed by atoms with E-state index in [0.29, 0.717) is 12.1 Å². The van der Waals surface area contributed by atoms with Crippen LogP contribution in [0.25, 0.3) is 0 Å². The highest BCUT2D eigenvalue weighted by molar-refractivity contribution is 7.89. The van der Waals surface area contributed by atoms with E-state index < -0.39 is 10.0 Å². The van der Waals surface area contributed by atoms with E-state index >= 15 is 0 Å². The van der Waals surface area contributed by atoms with Gasteiger partial charge in [0.1, 0.15) is 0 Å². The van der Waals surface area contributed by atoms with Crippen LogP contribution in [0.2, 0.25) is 0 Å². The first-order valence-corrected chi connectivity index (χ1v) is 10.0. The van der Waals surface area contributed by atoms with Crippen LogP contribution in [0.4, 0.5) is 0 Å². The van der Waals surface area contributed by atoms with Gasteiger partial charge in [0.25, 0.3) is 5.91 Å². The smallest absolute Gasteiger partial charge is 0.251 e. The molecule has 1 aromatic carbocycles. The lowest BCUT2D eigenvalue weighted by Crippen LogP contribution is -2.42. The highest BCUT2D eigenvalue weighted by atomic mass is 32.2. The molecule has 3 N–H and O–H groups in total. The van der Waals surface area contributed by atoms with Crippen LogP contribution in [0.15, 0.2) is 24.3 Å². The molecule has 1 heterocycles. The van der Waals surface area contributed by atoms with Crippen molar-refractivity contribution >= 4 is 15.9 Å². The Bertz CT molecular complexity index is 650. The molecule has 1 amide bonds. The van der Waals surface area contributed by atoms with Crippen LogP contribution in [0.3, 0.4) is 0 Å². The van der Waals surface area contributed by atoms with E-state index in [4.69, 9.17) is 0 Å². The number of rotatable bonds is 7. The predicted molar refractivity (Wildman–Crippen MR) is 95.3 cm³/mol. The van der Waals surface area contributed by atoms with Gasteiger partial charge in [-0.1, -0.05) is 19.1 Å². The van der Waals surface area contributed by atoms with Gasteiger partial charge in [-0.25, -0.2) is 13.1 Å². The van der Waals surface area contributed by atoms with Crippen LogP contribution in [0.1, 0.15) is 42.6 Å². The molecule has 0 unspecified atom stereocenters. The van der Waals surface area contributed by atoms with Crippen molar-refractivity contribution in [2.45, 2.75) is 33.2 Å². The topological polar surface area (TPSA) is 87.3 Å². The number of benzene rings is 1. The maximum absolute atomic E-state index is 12.3. The summed E-state index contributed by atoms with van der Waals surface area (Å²) in [5.74, 6) is -0.0302. The first-order valence-electron chi connectivity index (χ1n) is 8.39. The average molecular weight is 353 g/mol. The molecule has 0 saturated carbocycles. The van der Waals surface area contributed by atoms with Gasteiger partial charge >= 0.3 is 0 Å². The van der Waals surface area contributed by atoms with Crippen LogP contribution < -0.4 is 15.4 Å². The third kappa shape index (κ3) is 5.58. The lowest BCUT2D eigenvalue weighted by molar-refractivity contribution is 0.0922. The van der Waals surface area contributed by atoms with E-state index in [1.807, 2.05) is 0 Å². The summed E-state index contributed by atoms with van der Waals surface area (Å²) in [6, 6.07) is 7.02. The lowest BCUT2D eigenvalue weighted by Gasteiger charge is -2.34. The summed E-state index contributed by atoms with van der Waals surface area (Å²) < 4.78 is 25.4. The van der Waals surface area contributed by atoms with Gasteiger partial charge in [0.15, 0.2) is 0 Å². The van der Waals surface area contributed by atoms with Gasteiger partial charge in [0.05, 0.1) is 5.75 Å². The first kappa shape index (κ1) is 18.9. The second-order valence-corrected chi connectivity index (χ2v) is 8.76. The number of carbonyl (C=O) groups is 1. The summed E-state index contributed by atoms with van der Waals surface area (Å²) >= 11 is 0. The molecule has 0 spiro atoms. The van der Waals surface area contributed by atoms with E-state index in [9.17, 15) is 13.2 Å². The number of sulfonamides is 1. The lowest BCUT2D eigenvalue weighted by atomic mass is 9.81. The molecule has 6 nitrogen and oxygen atoms in total. The van der Waals surface area contributed by atoms with Gasteiger partial charge < -0.3 is 10.6 Å². The summed E-state index contributed by atoms with van der Waals surface area (Å²) in [7, 11) is -3.21. The summed E-state index contributed by atoms with van der Waals surface area (Å²) in [6.07, 6.45) is 2.12. The third-order valence-electron chi connectivity index (χ3n) is 4.58. The molecule has 0 atom stereocenters. The second kappa shape index (κ2) is 8.09. The Labute approximate surface area is 144 Å². The molecule has 2 rings (SSSR count). The summed E-state index contributed by atoms with van der Waals surface area (Å²) in [6.45, 7) is 6.70. The minimum Gasteiger partial charge on any atom is -0.351 e. The Morgan fingerprint density at radius 3 is 2.42 bits per heavy atom. The number of piperidine rings is 1. The fourth-order valence-corrected chi connectivity index (χ4v) is 3.26. The van der Waals surface area contributed by atoms with Crippen molar-refractivity contribution in [3.05, 3.63) is 35.4 Å². The highest BCUT2D eigenvalue weighted by Crippen LogP contribution is 2.26. The molecule has 1 aromatic rings. The number of hydrogen-bond acceptors (Lipinski definition) is 4. The molecule has 0 radical (unpaired) electrons. The fourth-order valence-electron chi connectivity index (χ4n) is 2.67. The molecule has 0 bridgehead atoms. The van der Waals surface area contributed by atoms with E-state index in [-0.39, 0.29) is 23.6 Å². The zero-order chi connectivity index (χ0) is 17.6. The number of hydrogen-bond donors (Lipinski definition) is 3. The molecule has 1 fully saturated rings. The van der Waals surface area contributed by atoms with E-state index in [1.165, 1.54) is 0 Å². The average Bonchev–Trinajstić information content (AvgIpc) is 2.59. The Kier molecular flexibility index (Phi) is 6.37. The van der Waals surface area contributed by atoms with Crippen LogP contribution >= 0.6 is 0 Å². The van der Waals surface area contributed by atoms with Gasteiger partial charge in [-0.15, -0.1) is 0 Å². The number of nitrogens with one attached hydrogen (secondary N) is 3. The minimum absolute atomic E-state index is 0.0573. The van der Waals surface area contributed by atoms with Crippen molar-refractivity contribution in [2.75, 3.05) is 25.4 Å². The van der Waals surface area contributed by atoms with Crippen molar-refractivity contribution in [1.82, 2.24) is 15.4 Å². The molecule has 134 valence electrons. The summed E-state index contributed by atoms with van der Waals surface area (Å²) in [5, 5.41) is 6.35. The standard InChI is InChI=1S/C17H27N3O3S/c1-3-24(22,23)20-12-14-4-6-15(7-5-14)16(21)19-13-17(2)8-10-18-11-9-17/h4-7,18,20H,3,8-13H2,1-2H3,(H,19,21). The van der Waals surface area contributed by atoms with Crippen molar-refractivity contribution in [3.8, 4) is 0 Å². The zero-order valence-electron chi connectivity index (χ0n) is 14.4. The van der Waals surface area contributed by atoms with Crippen LogP contribution in [-0.4, -0.2) is 39.7 Å². The molecule has 7 heteroatoms. The minimum atomic E-state index is -3.21. The Morgan fingerprint density at radius 1 is 1.21 bits per heavy atom. The Hall–Kier alpha value is -1.44. The molecular formula is C17H27N3O3S. The van der Waals surface area contributed by atoms with Gasteiger partial charge in [0.2, 0.25) is 10.0 Å². The number of carbonyl (C=O) groups excluding carboxylic acids is 1. The van der Waals surface area contributed by atoms with E-state index in [2.05, 4.69) is 22.3 Å². The maximum atomic E-state index is 12.3. The monoisotopic (exact) mass is 353 g/mol. The largest absolute Gasteiger partial charge is 0.351 e. The summed E-state index contributed by atoms with van der Waals surface area (Å²) in [5.41, 5.74) is 1.57. The van der Waals surface area contributed by atoms with E-state index in [0.717, 1.165) is 31.5 Å². The Balaban J connectivity index is 1.86. The predicted octanol–water partition coefficient (Wildman–Crippen LogP) is 1.25. The fraction of sp³-hybridized carbons (Fsp3) is 0.588. The van der Waals surface area contributed by atoms with Crippen LogP contribution in [-0.2, 0) is 16.6 Å². The number of amides is 1. The highest BCUT2D eigenvalue weighted by Gasteiger charge is 2.27. The Morgan fingerprint density at radius 2 is 1.83 bits per heavy atom. The molecule has 0 aromatic heterocycles. The molecule has 24 heavy (non-hydrogen) atoms. The van der Waals surface area contributed by atoms with E-state index in [1.54, 1.807) is 31.2 Å². The first-order chi connectivity index (χ1) is 11.3. The SMILES string of the molecule is CCS(=O)(=O)NCc1ccc(C(=O)NCC2(C)CCNCC2)cc1. The molecule has 1 aliphatic heterocycles. The van der Waals surface area contributed by atoms with Gasteiger partial charge in [-0.05, 0) is 56.0 Å². The quantitative estimate of drug-likeness (QED) is 0.688. The zero-order valence-corrected chi connectivity index (χ0v) is 15.2. The second-order valence-electron chi connectivity index (χ2n) is 6.66. The van der Waals surface area contributed by atoms with Crippen LogP contribution in [0, 0.1) is 5.41 Å². The molecule has 1 aliphatic rings. The molecule has 0 aliphatic carbocycles. The molecular weight excluding hydrogens is 326 g/mol. The summed E-state index contributed by atoms with van der Waals surface area (Å²) in [4.78, 5) is 12.3.